The highest BCUT2D eigenvalue weighted by Crippen LogP contribution is 2.28. The molecule has 0 aliphatic rings. The van der Waals surface area contributed by atoms with Gasteiger partial charge in [-0.25, -0.2) is 4.98 Å². The predicted octanol–water partition coefficient (Wildman–Crippen LogP) is 3.12. The van der Waals surface area contributed by atoms with Crippen molar-refractivity contribution in [3.8, 4) is 5.88 Å². The second-order valence-corrected chi connectivity index (χ2v) is 4.30. The van der Waals surface area contributed by atoms with Crippen LogP contribution in [-0.4, -0.2) is 36.3 Å². The average molecular weight is 307 g/mol. The average Bonchev–Trinajstić information content (AvgIpc) is 2.44. The number of anilines is 1. The number of hydrogen-bond acceptors (Lipinski definition) is 5. The molecular weight excluding hydrogens is 287 g/mol. The lowest BCUT2D eigenvalue weighted by Gasteiger charge is -2.12. The fourth-order valence-corrected chi connectivity index (χ4v) is 1.42. The van der Waals surface area contributed by atoms with Gasteiger partial charge in [0.2, 0.25) is 11.7 Å². The Morgan fingerprint density at radius 1 is 1.10 bits per heavy atom. The normalized spacial score (nSPS) is 11.5. The third-order valence-corrected chi connectivity index (χ3v) is 2.34. The number of alkyl halides is 3. The summed E-state index contributed by atoms with van der Waals surface area (Å²) in [6.07, 6.45) is -2.97. The van der Waals surface area contributed by atoms with Crippen LogP contribution < -0.4 is 10.1 Å². The van der Waals surface area contributed by atoms with Crippen LogP contribution in [-0.2, 0) is 10.9 Å². The van der Waals surface area contributed by atoms with Gasteiger partial charge in [-0.3, -0.25) is 0 Å². The molecule has 1 N–H and O–H groups in total. The molecule has 1 heterocycles. The zero-order valence-electron chi connectivity index (χ0n) is 12.2. The summed E-state index contributed by atoms with van der Waals surface area (Å²) >= 11 is 0. The maximum Gasteiger partial charge on any atom is 0.451 e. The van der Waals surface area contributed by atoms with Gasteiger partial charge in [0.25, 0.3) is 0 Å². The molecule has 0 saturated heterocycles. The fourth-order valence-electron chi connectivity index (χ4n) is 1.42. The summed E-state index contributed by atoms with van der Waals surface area (Å²) in [4.78, 5) is 6.82. The van der Waals surface area contributed by atoms with Gasteiger partial charge in [0.15, 0.2) is 0 Å². The maximum atomic E-state index is 12.7. The zero-order chi connectivity index (χ0) is 15.7. The molecule has 120 valence electrons. The van der Waals surface area contributed by atoms with Gasteiger partial charge in [0.05, 0.1) is 6.61 Å². The Balaban J connectivity index is 2.72. The largest absolute Gasteiger partial charge is 0.475 e. The van der Waals surface area contributed by atoms with Crippen LogP contribution in [0.15, 0.2) is 6.07 Å². The molecular formula is C13H20F3N3O2. The van der Waals surface area contributed by atoms with Gasteiger partial charge in [-0.05, 0) is 12.8 Å². The molecule has 1 rings (SSSR count). The smallest absolute Gasteiger partial charge is 0.451 e. The molecule has 5 nitrogen and oxygen atoms in total. The molecule has 1 aromatic rings. The van der Waals surface area contributed by atoms with Crippen molar-refractivity contribution in [3.63, 3.8) is 0 Å². The number of aromatic nitrogens is 2. The van der Waals surface area contributed by atoms with Crippen molar-refractivity contribution in [2.24, 2.45) is 0 Å². The first-order valence-electron chi connectivity index (χ1n) is 6.88. The molecule has 0 aromatic carbocycles. The Bertz CT molecular complexity index is 428. The molecule has 0 saturated carbocycles. The van der Waals surface area contributed by atoms with Crippen LogP contribution in [0.3, 0.4) is 0 Å². The minimum absolute atomic E-state index is 0.101. The number of hydrogen-bond donors (Lipinski definition) is 1. The standard InChI is InChI=1S/C13H20F3N3O2/c1-3-5-17-10-9-11(21-8-7-20-6-4-2)19-12(18-10)13(14,15)16/h9H,3-8H2,1-2H3,(H,17,18,19). The molecule has 1 aromatic heterocycles. The van der Waals surface area contributed by atoms with Gasteiger partial charge >= 0.3 is 6.18 Å². The highest BCUT2D eigenvalue weighted by atomic mass is 19.4. The van der Waals surface area contributed by atoms with Gasteiger partial charge in [-0.1, -0.05) is 13.8 Å². The first kappa shape index (κ1) is 17.5. The molecule has 0 atom stereocenters. The maximum absolute atomic E-state index is 12.7. The minimum Gasteiger partial charge on any atom is -0.475 e. The van der Waals surface area contributed by atoms with Crippen LogP contribution in [0.2, 0.25) is 0 Å². The third kappa shape index (κ3) is 6.61. The zero-order valence-corrected chi connectivity index (χ0v) is 12.2. The highest BCUT2D eigenvalue weighted by molar-refractivity contribution is 5.38. The van der Waals surface area contributed by atoms with Gasteiger partial charge in [-0.15, -0.1) is 0 Å². The Labute approximate surface area is 121 Å². The number of halogens is 3. The van der Waals surface area contributed by atoms with E-state index in [0.29, 0.717) is 19.8 Å². The van der Waals surface area contributed by atoms with Crippen molar-refractivity contribution in [3.05, 3.63) is 11.9 Å². The minimum atomic E-state index is -4.61. The van der Waals surface area contributed by atoms with E-state index in [0.717, 1.165) is 12.8 Å². The lowest BCUT2D eigenvalue weighted by molar-refractivity contribution is -0.145. The molecule has 0 radical (unpaired) electrons. The third-order valence-electron chi connectivity index (χ3n) is 2.34. The second kappa shape index (κ2) is 8.66. The Morgan fingerprint density at radius 3 is 2.48 bits per heavy atom. The van der Waals surface area contributed by atoms with Gasteiger partial charge in [-0.2, -0.15) is 18.2 Å². The Kier molecular flexibility index (Phi) is 7.21. The lowest BCUT2D eigenvalue weighted by Crippen LogP contribution is -2.15. The van der Waals surface area contributed by atoms with Crippen LogP contribution in [0, 0.1) is 0 Å². The Hall–Kier alpha value is -1.57. The number of ether oxygens (including phenoxy) is 2. The number of rotatable bonds is 9. The molecule has 0 bridgehead atoms. The monoisotopic (exact) mass is 307 g/mol. The first-order valence-corrected chi connectivity index (χ1v) is 6.88. The van der Waals surface area contributed by atoms with Gasteiger partial charge in [0, 0.05) is 19.2 Å². The molecule has 0 amide bonds. The Morgan fingerprint density at radius 2 is 1.86 bits per heavy atom. The molecule has 0 unspecified atom stereocenters. The van der Waals surface area contributed by atoms with E-state index in [1.807, 2.05) is 13.8 Å². The summed E-state index contributed by atoms with van der Waals surface area (Å²) in [6.45, 7) is 5.42. The molecule has 8 heteroatoms. The molecule has 0 aliphatic carbocycles. The summed E-state index contributed by atoms with van der Waals surface area (Å²) in [6, 6.07) is 1.35. The summed E-state index contributed by atoms with van der Waals surface area (Å²) < 4.78 is 48.6. The van der Waals surface area contributed by atoms with E-state index in [4.69, 9.17) is 9.47 Å². The van der Waals surface area contributed by atoms with Crippen LogP contribution >= 0.6 is 0 Å². The summed E-state index contributed by atoms with van der Waals surface area (Å²) in [5, 5.41) is 2.80. The molecule has 0 aliphatic heterocycles. The van der Waals surface area contributed by atoms with E-state index in [2.05, 4.69) is 15.3 Å². The van der Waals surface area contributed by atoms with E-state index in [-0.39, 0.29) is 18.3 Å². The van der Waals surface area contributed by atoms with E-state index < -0.39 is 12.0 Å². The van der Waals surface area contributed by atoms with Crippen molar-refractivity contribution in [2.75, 3.05) is 31.7 Å². The van der Waals surface area contributed by atoms with Crippen LogP contribution in [0.5, 0.6) is 5.88 Å². The first-order chi connectivity index (χ1) is 9.97. The lowest BCUT2D eigenvalue weighted by atomic mass is 10.4. The van der Waals surface area contributed by atoms with Crippen molar-refractivity contribution < 1.29 is 22.6 Å². The van der Waals surface area contributed by atoms with Crippen molar-refractivity contribution in [2.45, 2.75) is 32.9 Å². The molecule has 0 spiro atoms. The predicted molar refractivity (Wildman–Crippen MR) is 72.4 cm³/mol. The molecule has 21 heavy (non-hydrogen) atoms. The van der Waals surface area contributed by atoms with Gasteiger partial charge in [0.1, 0.15) is 12.4 Å². The summed E-state index contributed by atoms with van der Waals surface area (Å²) in [5.74, 6) is -1.23. The fraction of sp³-hybridized carbons (Fsp3) is 0.692. The van der Waals surface area contributed by atoms with Crippen molar-refractivity contribution in [1.29, 1.82) is 0 Å². The topological polar surface area (TPSA) is 56.3 Å². The summed E-state index contributed by atoms with van der Waals surface area (Å²) in [5.41, 5.74) is 0. The van der Waals surface area contributed by atoms with Crippen molar-refractivity contribution >= 4 is 5.82 Å². The van der Waals surface area contributed by atoms with Crippen molar-refractivity contribution in [1.82, 2.24) is 9.97 Å². The van der Waals surface area contributed by atoms with E-state index in [1.165, 1.54) is 6.07 Å². The van der Waals surface area contributed by atoms with E-state index >= 15 is 0 Å². The number of nitrogens with one attached hydrogen (secondary N) is 1. The van der Waals surface area contributed by atoms with E-state index in [9.17, 15) is 13.2 Å². The van der Waals surface area contributed by atoms with Gasteiger partial charge < -0.3 is 14.8 Å². The van der Waals surface area contributed by atoms with Crippen LogP contribution in [0.1, 0.15) is 32.5 Å². The summed E-state index contributed by atoms with van der Waals surface area (Å²) in [7, 11) is 0. The molecule has 0 fully saturated rings. The van der Waals surface area contributed by atoms with Crippen LogP contribution in [0.25, 0.3) is 0 Å². The van der Waals surface area contributed by atoms with E-state index in [1.54, 1.807) is 0 Å². The SMILES string of the molecule is CCCNc1cc(OCCOCCC)nc(C(F)(F)F)n1. The highest BCUT2D eigenvalue weighted by Gasteiger charge is 2.35. The number of nitrogens with zero attached hydrogens (tertiary/aromatic N) is 2. The van der Waals surface area contributed by atoms with Crippen LogP contribution in [0.4, 0.5) is 19.0 Å². The quantitative estimate of drug-likeness (QED) is 0.710. The second-order valence-electron chi connectivity index (χ2n) is 4.30.